The average Bonchev–Trinajstić information content (AvgIpc) is 4.02. The van der Waals surface area contributed by atoms with E-state index in [9.17, 15) is 39.9 Å². The highest BCUT2D eigenvalue weighted by Gasteiger charge is 2.56. The van der Waals surface area contributed by atoms with E-state index in [4.69, 9.17) is 33.2 Å². The number of cyclic esters (lactones) is 2. The molecule has 434 valence electrons. The molecule has 5 aliphatic heterocycles. The molecule has 19 atom stereocenters. The van der Waals surface area contributed by atoms with Gasteiger partial charge in [-0.25, -0.2) is 13.9 Å². The Morgan fingerprint density at radius 2 is 1.64 bits per heavy atom. The van der Waals surface area contributed by atoms with E-state index in [1.807, 2.05) is 30.7 Å². The fraction of sp³-hybridized carbons (Fsp3) is 0.800. The molecule has 1 unspecified atom stereocenters. The van der Waals surface area contributed by atoms with Crippen molar-refractivity contribution in [3.8, 4) is 0 Å². The lowest BCUT2D eigenvalue weighted by Gasteiger charge is -2.51. The fourth-order valence-electron chi connectivity index (χ4n) is 12.9. The highest BCUT2D eigenvalue weighted by Crippen LogP contribution is 2.45. The van der Waals surface area contributed by atoms with Crippen molar-refractivity contribution < 1.29 is 77.5 Å². The first kappa shape index (κ1) is 60.7. The van der Waals surface area contributed by atoms with Crippen LogP contribution in [0.25, 0.3) is 0 Å². The molecular formula is C55H87FN6O15. The Labute approximate surface area is 452 Å². The van der Waals surface area contributed by atoms with E-state index in [-0.39, 0.29) is 32.4 Å². The third-order valence-corrected chi connectivity index (χ3v) is 17.5. The number of morpholine rings is 1. The first-order chi connectivity index (χ1) is 36.2. The van der Waals surface area contributed by atoms with Gasteiger partial charge in [0, 0.05) is 56.6 Å². The van der Waals surface area contributed by atoms with E-state index >= 15 is 4.39 Å². The number of amides is 1. The van der Waals surface area contributed by atoms with Gasteiger partial charge in [0.2, 0.25) is 0 Å². The number of ketones is 1. The van der Waals surface area contributed by atoms with Crippen molar-refractivity contribution in [1.82, 2.24) is 19.9 Å². The van der Waals surface area contributed by atoms with Gasteiger partial charge in [0.15, 0.2) is 6.29 Å². The molecule has 22 heteroatoms. The molecule has 0 spiro atoms. The summed E-state index contributed by atoms with van der Waals surface area (Å²) < 4.78 is 59.7. The number of esters is 1. The van der Waals surface area contributed by atoms with Crippen LogP contribution in [0.15, 0.2) is 24.4 Å². The average molecular weight is 1090 g/mol. The summed E-state index contributed by atoms with van der Waals surface area (Å²) in [5.41, 5.74) is -3.40. The summed E-state index contributed by atoms with van der Waals surface area (Å²) in [4.78, 5) is 47.0. The summed E-state index contributed by atoms with van der Waals surface area (Å²) in [6.45, 7) is 19.8. The molecule has 1 aromatic heterocycles. The molecule has 0 saturated carbocycles. The minimum Gasteiger partial charge on any atom is -0.459 e. The minimum absolute atomic E-state index is 0.120. The lowest BCUT2D eigenvalue weighted by molar-refractivity contribution is -0.302. The fourth-order valence-corrected chi connectivity index (χ4v) is 12.9. The Balaban J connectivity index is 1.05. The highest BCUT2D eigenvalue weighted by atomic mass is 19.1. The standard InChI is InChI=1S/C55H87FN6O15/c1-13-43-55(10,70)47(65)34(6)45(63)30(2)25-53(8,69)49(32(4)44(33(5)50(67)76-43)42-26-54(9,71-12)48(66)35(7)74-42)77-51-46(64)41(23-31(3)73-51)59(11)18-14-15-36-27-61(58-57-36)28-38-29-62(52(68)75-38)37-16-17-40(39(56)24-37)60-19-21-72-22-20-60/h16-17,24,27,30-35,38,41-44,46-49,51,64-66,69-70H,13-15,18-23,25-26,28-29H2,1-12H3/t30-,31-,32+,33-,34+,35+,38+,41+,42-,43-,44?,46-,47-,48+,49-,51+,53-,54-,55-/m1/s1. The normalized spacial score (nSPS) is 40.1. The van der Waals surface area contributed by atoms with Crippen molar-refractivity contribution in [3.05, 3.63) is 35.9 Å². The summed E-state index contributed by atoms with van der Waals surface area (Å²) >= 11 is 0. The second kappa shape index (κ2) is 24.8. The predicted octanol–water partition coefficient (Wildman–Crippen LogP) is 3.65. The molecule has 2 aromatic rings. The molecule has 0 radical (unpaired) electrons. The second-order valence-electron chi connectivity index (χ2n) is 23.5. The lowest BCUT2D eigenvalue weighted by atomic mass is 9.67. The van der Waals surface area contributed by atoms with Crippen LogP contribution in [-0.4, -0.2) is 201 Å². The van der Waals surface area contributed by atoms with Gasteiger partial charge in [-0.2, -0.15) is 0 Å². The number of methoxy groups -OCH3 is 1. The number of likely N-dealkylation sites (N-methyl/N-ethyl adjacent to an activating group) is 1. The molecule has 77 heavy (non-hydrogen) atoms. The van der Waals surface area contributed by atoms with E-state index in [0.29, 0.717) is 69.2 Å². The number of rotatable bonds is 14. The van der Waals surface area contributed by atoms with Crippen molar-refractivity contribution in [1.29, 1.82) is 0 Å². The van der Waals surface area contributed by atoms with E-state index in [0.717, 1.165) is 0 Å². The van der Waals surface area contributed by atoms with Crippen molar-refractivity contribution in [2.75, 3.05) is 63.4 Å². The quantitative estimate of drug-likeness (QED) is 0.169. The zero-order valence-corrected chi connectivity index (χ0v) is 47.1. The third-order valence-electron chi connectivity index (χ3n) is 17.5. The number of anilines is 2. The molecule has 6 heterocycles. The zero-order chi connectivity index (χ0) is 56.5. The maximum absolute atomic E-state index is 15.2. The van der Waals surface area contributed by atoms with E-state index in [1.54, 1.807) is 64.6 Å². The van der Waals surface area contributed by atoms with Crippen LogP contribution in [0.4, 0.5) is 20.6 Å². The summed E-state index contributed by atoms with van der Waals surface area (Å²) in [6, 6.07) is 4.27. The molecule has 5 aliphatic rings. The molecule has 1 aromatic carbocycles. The van der Waals surface area contributed by atoms with Crippen LogP contribution >= 0.6 is 0 Å². The SMILES string of the molecule is CC[C@H]1OC(=O)[C@H](C)C([C@H]2C[C@@](C)(OC)[C@@H](O)[C@H](C)O2)[C@H](C)[C@@H](O[C@@H]2O[C@H](C)C[C@H](N(C)CCCc3cn(C[C@H]4CN(c5ccc(N6CCOCC6)c(F)c5)C(=O)O4)nn3)[C@H]2O)[C@](C)(O)C[C@@H](C)C(=O)[C@H](C)[C@@H](O)[C@]1(C)O. The largest absolute Gasteiger partial charge is 0.459 e. The van der Waals surface area contributed by atoms with Crippen LogP contribution in [-0.2, 0) is 55.7 Å². The first-order valence-corrected chi connectivity index (χ1v) is 27.6. The van der Waals surface area contributed by atoms with Crippen LogP contribution in [0.1, 0.15) is 107 Å². The molecule has 7 rings (SSSR count). The molecule has 5 saturated heterocycles. The Hall–Kier alpha value is -3.94. The Bertz CT molecular complexity index is 2320. The zero-order valence-electron chi connectivity index (χ0n) is 47.1. The summed E-state index contributed by atoms with van der Waals surface area (Å²) in [5.74, 6) is -6.17. The number of hydrogen-bond acceptors (Lipinski definition) is 19. The van der Waals surface area contributed by atoms with Crippen molar-refractivity contribution in [2.24, 2.45) is 29.6 Å². The molecular weight excluding hydrogens is 1000 g/mol. The Morgan fingerprint density at radius 3 is 2.30 bits per heavy atom. The van der Waals surface area contributed by atoms with E-state index in [2.05, 4.69) is 10.3 Å². The van der Waals surface area contributed by atoms with Crippen molar-refractivity contribution in [3.63, 3.8) is 0 Å². The number of benzene rings is 1. The van der Waals surface area contributed by atoms with Gasteiger partial charge in [0.25, 0.3) is 0 Å². The molecule has 0 bridgehead atoms. The van der Waals surface area contributed by atoms with Gasteiger partial charge in [-0.15, -0.1) is 5.10 Å². The number of carbonyl (C=O) groups excluding carboxylic acids is 3. The molecule has 1 amide bonds. The minimum atomic E-state index is -2.02. The van der Waals surface area contributed by atoms with Gasteiger partial charge in [-0.1, -0.05) is 39.8 Å². The number of carbonyl (C=O) groups is 3. The predicted molar refractivity (Wildman–Crippen MR) is 279 cm³/mol. The highest BCUT2D eigenvalue weighted by molar-refractivity contribution is 5.90. The first-order valence-electron chi connectivity index (χ1n) is 27.6. The number of aromatic nitrogens is 3. The number of aryl methyl sites for hydroxylation is 1. The monoisotopic (exact) mass is 1090 g/mol. The van der Waals surface area contributed by atoms with Gasteiger partial charge in [0.05, 0.1) is 91.0 Å². The number of ether oxygens (including phenoxy) is 7. The van der Waals surface area contributed by atoms with Crippen LogP contribution < -0.4 is 9.80 Å². The lowest BCUT2D eigenvalue weighted by Crippen LogP contribution is -2.62. The molecule has 5 N–H and O–H groups in total. The number of aliphatic hydroxyl groups is 5. The number of halogens is 1. The second-order valence-corrected chi connectivity index (χ2v) is 23.5. The van der Waals surface area contributed by atoms with Gasteiger partial charge in [0.1, 0.15) is 41.6 Å². The number of aliphatic hydroxyl groups excluding tert-OH is 3. The van der Waals surface area contributed by atoms with Crippen LogP contribution in [0.2, 0.25) is 0 Å². The van der Waals surface area contributed by atoms with Gasteiger partial charge < -0.3 is 68.5 Å². The smallest absolute Gasteiger partial charge is 0.414 e. The van der Waals surface area contributed by atoms with Crippen LogP contribution in [0.5, 0.6) is 0 Å². The van der Waals surface area contributed by atoms with E-state index < -0.39 is 137 Å². The third kappa shape index (κ3) is 13.3. The Kier molecular flexibility index (Phi) is 19.6. The number of nitrogens with zero attached hydrogens (tertiary/aromatic N) is 6. The maximum atomic E-state index is 15.2. The number of Topliss-reactive ketones (excluding diaryl/α,β-unsaturated/α-hetero) is 1. The van der Waals surface area contributed by atoms with Crippen LogP contribution in [0.3, 0.4) is 0 Å². The van der Waals surface area contributed by atoms with Crippen LogP contribution in [0, 0.1) is 35.4 Å². The van der Waals surface area contributed by atoms with E-state index in [1.165, 1.54) is 31.9 Å². The summed E-state index contributed by atoms with van der Waals surface area (Å²) in [5, 5.41) is 68.4. The molecule has 5 fully saturated rings. The van der Waals surface area contributed by atoms with Crippen molar-refractivity contribution in [2.45, 2.75) is 198 Å². The molecule has 21 nitrogen and oxygen atoms in total. The topological polar surface area (TPSA) is 257 Å². The summed E-state index contributed by atoms with van der Waals surface area (Å²) in [6.07, 6.45) is -7.19. The van der Waals surface area contributed by atoms with Crippen molar-refractivity contribution >= 4 is 29.2 Å². The maximum Gasteiger partial charge on any atom is 0.414 e. The molecule has 0 aliphatic carbocycles. The summed E-state index contributed by atoms with van der Waals surface area (Å²) in [7, 11) is 3.40. The van der Waals surface area contributed by atoms with Gasteiger partial charge in [-0.05, 0) is 104 Å². The van der Waals surface area contributed by atoms with Gasteiger partial charge >= 0.3 is 12.1 Å². The van der Waals surface area contributed by atoms with Gasteiger partial charge in [-0.3, -0.25) is 14.5 Å². The Morgan fingerprint density at radius 1 is 0.935 bits per heavy atom. The number of hydrogen-bond donors (Lipinski definition) is 5.